The Labute approximate surface area is 176 Å². The third-order valence-corrected chi connectivity index (χ3v) is 9.73. The van der Waals surface area contributed by atoms with Crippen molar-refractivity contribution in [1.29, 1.82) is 0 Å². The number of ether oxygens (including phenoxy) is 1. The molecular formula is C19H27FN2O6S2. The van der Waals surface area contributed by atoms with Gasteiger partial charge in [0.05, 0.1) is 23.4 Å². The lowest BCUT2D eigenvalue weighted by atomic mass is 10.0. The van der Waals surface area contributed by atoms with Gasteiger partial charge in [-0.15, -0.1) is 0 Å². The lowest BCUT2D eigenvalue weighted by Crippen LogP contribution is -2.52. The topological polar surface area (TPSA) is 110 Å². The molecule has 1 amide bonds. The van der Waals surface area contributed by atoms with Gasteiger partial charge in [0.25, 0.3) is 0 Å². The average molecular weight is 463 g/mol. The first-order chi connectivity index (χ1) is 14.0. The van der Waals surface area contributed by atoms with E-state index in [0.29, 0.717) is 31.5 Å². The molecule has 168 valence electrons. The third-order valence-electron chi connectivity index (χ3n) is 5.56. The SMILES string of the molecule is CCOC(=O)N1CCC(N[C@H]2CS(=O)(=O)C[C@@H]2S(=O)(=O)c2cc(C)ccc2F)CC1. The molecule has 30 heavy (non-hydrogen) atoms. The number of sulfone groups is 2. The Kier molecular flexibility index (Phi) is 6.73. The Hall–Kier alpha value is -1.72. The van der Waals surface area contributed by atoms with Crippen molar-refractivity contribution < 1.29 is 30.8 Å². The highest BCUT2D eigenvalue weighted by atomic mass is 32.2. The zero-order chi connectivity index (χ0) is 22.1. The van der Waals surface area contributed by atoms with E-state index in [4.69, 9.17) is 4.74 Å². The fourth-order valence-corrected chi connectivity index (χ4v) is 8.84. The van der Waals surface area contributed by atoms with Crippen LogP contribution in [-0.2, 0) is 24.4 Å². The van der Waals surface area contributed by atoms with E-state index in [2.05, 4.69) is 5.32 Å². The van der Waals surface area contributed by atoms with E-state index in [1.54, 1.807) is 18.7 Å². The van der Waals surface area contributed by atoms with Crippen LogP contribution >= 0.6 is 0 Å². The molecule has 1 N–H and O–H groups in total. The highest BCUT2D eigenvalue weighted by Gasteiger charge is 2.47. The largest absolute Gasteiger partial charge is 0.450 e. The molecule has 0 unspecified atom stereocenters. The van der Waals surface area contributed by atoms with Gasteiger partial charge in [-0.2, -0.15) is 0 Å². The molecule has 1 aromatic carbocycles. The van der Waals surface area contributed by atoms with Crippen LogP contribution in [0.5, 0.6) is 0 Å². The van der Waals surface area contributed by atoms with E-state index >= 15 is 0 Å². The van der Waals surface area contributed by atoms with Gasteiger partial charge in [0.1, 0.15) is 10.7 Å². The number of likely N-dealkylation sites (tertiary alicyclic amines) is 1. The van der Waals surface area contributed by atoms with Crippen LogP contribution in [0.3, 0.4) is 0 Å². The third kappa shape index (κ3) is 4.94. The number of rotatable bonds is 5. The second-order valence-electron chi connectivity index (χ2n) is 7.83. The summed E-state index contributed by atoms with van der Waals surface area (Å²) >= 11 is 0. The molecule has 1 aromatic rings. The van der Waals surface area contributed by atoms with Gasteiger partial charge >= 0.3 is 6.09 Å². The summed E-state index contributed by atoms with van der Waals surface area (Å²) in [6, 6.07) is 2.81. The van der Waals surface area contributed by atoms with Crippen molar-refractivity contribution in [3.63, 3.8) is 0 Å². The molecule has 2 aliphatic rings. The first kappa shape index (κ1) is 23.0. The second kappa shape index (κ2) is 8.80. The number of hydrogen-bond acceptors (Lipinski definition) is 7. The molecule has 11 heteroatoms. The van der Waals surface area contributed by atoms with Crippen molar-refractivity contribution >= 4 is 25.8 Å². The molecule has 3 rings (SSSR count). The van der Waals surface area contributed by atoms with Crippen LogP contribution in [0.4, 0.5) is 9.18 Å². The maximum atomic E-state index is 14.3. The van der Waals surface area contributed by atoms with E-state index in [-0.39, 0.29) is 18.4 Å². The zero-order valence-electron chi connectivity index (χ0n) is 17.0. The number of carbonyl (C=O) groups excluding carboxylic acids is 1. The first-order valence-electron chi connectivity index (χ1n) is 9.91. The minimum absolute atomic E-state index is 0.144. The van der Waals surface area contributed by atoms with E-state index in [1.165, 1.54) is 12.1 Å². The molecule has 0 saturated carbocycles. The van der Waals surface area contributed by atoms with Gasteiger partial charge in [-0.3, -0.25) is 0 Å². The predicted octanol–water partition coefficient (Wildman–Crippen LogP) is 1.28. The number of piperidine rings is 1. The average Bonchev–Trinajstić information content (AvgIpc) is 2.99. The van der Waals surface area contributed by atoms with Crippen molar-refractivity contribution in [3.05, 3.63) is 29.6 Å². The zero-order valence-corrected chi connectivity index (χ0v) is 18.6. The summed E-state index contributed by atoms with van der Waals surface area (Å²) in [7, 11) is -7.79. The monoisotopic (exact) mass is 462 g/mol. The highest BCUT2D eigenvalue weighted by molar-refractivity contribution is 7.96. The minimum atomic E-state index is -4.20. The fraction of sp³-hybridized carbons (Fsp3) is 0.632. The van der Waals surface area contributed by atoms with Gasteiger partial charge in [-0.25, -0.2) is 26.0 Å². The summed E-state index contributed by atoms with van der Waals surface area (Å²) < 4.78 is 70.1. The van der Waals surface area contributed by atoms with Gasteiger partial charge in [-0.1, -0.05) is 6.07 Å². The molecule has 0 spiro atoms. The van der Waals surface area contributed by atoms with E-state index in [9.17, 15) is 26.0 Å². The first-order valence-corrected chi connectivity index (χ1v) is 13.3. The Balaban J connectivity index is 1.76. The smallest absolute Gasteiger partial charge is 0.409 e. The lowest BCUT2D eigenvalue weighted by molar-refractivity contribution is 0.0945. The number of halogens is 1. The summed E-state index contributed by atoms with van der Waals surface area (Å²) in [5.74, 6) is -1.74. The second-order valence-corrected chi connectivity index (χ2v) is 12.1. The summed E-state index contributed by atoms with van der Waals surface area (Å²) in [4.78, 5) is 12.9. The number of hydrogen-bond donors (Lipinski definition) is 1. The Morgan fingerprint density at radius 2 is 1.93 bits per heavy atom. The van der Waals surface area contributed by atoms with Crippen molar-refractivity contribution in [3.8, 4) is 0 Å². The van der Waals surface area contributed by atoms with Crippen LogP contribution in [0.1, 0.15) is 25.3 Å². The Morgan fingerprint density at radius 3 is 2.57 bits per heavy atom. The van der Waals surface area contributed by atoms with Crippen molar-refractivity contribution in [2.24, 2.45) is 0 Å². The quantitative estimate of drug-likeness (QED) is 0.702. The molecule has 0 aliphatic carbocycles. The molecular weight excluding hydrogens is 435 g/mol. The Bertz CT molecular complexity index is 1000. The summed E-state index contributed by atoms with van der Waals surface area (Å²) in [5.41, 5.74) is 0.576. The molecule has 0 radical (unpaired) electrons. The van der Waals surface area contributed by atoms with E-state index < -0.39 is 53.5 Å². The van der Waals surface area contributed by atoms with Crippen molar-refractivity contribution in [1.82, 2.24) is 10.2 Å². The number of amides is 1. The van der Waals surface area contributed by atoms with Crippen LogP contribution in [0.25, 0.3) is 0 Å². The van der Waals surface area contributed by atoms with Crippen molar-refractivity contribution in [2.75, 3.05) is 31.2 Å². The number of carbonyl (C=O) groups is 1. The van der Waals surface area contributed by atoms with Gasteiger partial charge in [0.2, 0.25) is 0 Å². The molecule has 2 fully saturated rings. The molecule has 2 aliphatic heterocycles. The van der Waals surface area contributed by atoms with Crippen LogP contribution in [0.2, 0.25) is 0 Å². The molecule has 0 bridgehead atoms. The summed E-state index contributed by atoms with van der Waals surface area (Å²) in [6.45, 7) is 4.52. The molecule has 2 saturated heterocycles. The summed E-state index contributed by atoms with van der Waals surface area (Å²) in [6.07, 6.45) is 0.691. The van der Waals surface area contributed by atoms with Gasteiger partial charge < -0.3 is 15.0 Å². The normalized spacial score (nSPS) is 24.7. The van der Waals surface area contributed by atoms with E-state index in [0.717, 1.165) is 6.07 Å². The van der Waals surface area contributed by atoms with Crippen LogP contribution < -0.4 is 5.32 Å². The number of benzene rings is 1. The van der Waals surface area contributed by atoms with Crippen LogP contribution in [-0.4, -0.2) is 76.4 Å². The predicted molar refractivity (Wildman–Crippen MR) is 109 cm³/mol. The van der Waals surface area contributed by atoms with Gasteiger partial charge in [0, 0.05) is 25.2 Å². The highest BCUT2D eigenvalue weighted by Crippen LogP contribution is 2.29. The van der Waals surface area contributed by atoms with E-state index in [1.807, 2.05) is 0 Å². The van der Waals surface area contributed by atoms with Crippen LogP contribution in [0, 0.1) is 12.7 Å². The molecule has 2 atom stereocenters. The number of nitrogens with one attached hydrogen (secondary N) is 1. The molecule has 8 nitrogen and oxygen atoms in total. The molecule has 0 aromatic heterocycles. The molecule has 2 heterocycles. The van der Waals surface area contributed by atoms with Gasteiger partial charge in [-0.05, 0) is 44.4 Å². The van der Waals surface area contributed by atoms with Crippen LogP contribution in [0.15, 0.2) is 23.1 Å². The summed E-state index contributed by atoms with van der Waals surface area (Å²) in [5, 5.41) is 1.90. The lowest BCUT2D eigenvalue weighted by Gasteiger charge is -2.34. The Morgan fingerprint density at radius 1 is 1.27 bits per heavy atom. The van der Waals surface area contributed by atoms with Crippen molar-refractivity contribution in [2.45, 2.75) is 48.9 Å². The maximum Gasteiger partial charge on any atom is 0.409 e. The fourth-order valence-electron chi connectivity index (χ4n) is 4.01. The van der Waals surface area contributed by atoms with Gasteiger partial charge in [0.15, 0.2) is 19.7 Å². The number of aryl methyl sites for hydroxylation is 1. The standard InChI is InChI=1S/C19H27FN2O6S2/c1-3-28-19(23)22-8-6-14(7-9-22)21-16-11-29(24,25)12-18(16)30(26,27)17-10-13(2)4-5-15(17)20/h4-5,10,14,16,18,21H,3,6-9,11-12H2,1-2H3/t16-,18-/m0/s1. The number of nitrogens with zero attached hydrogens (tertiary/aromatic N) is 1. The minimum Gasteiger partial charge on any atom is -0.450 e. The maximum absolute atomic E-state index is 14.3.